The van der Waals surface area contributed by atoms with Crippen molar-refractivity contribution in [2.45, 2.75) is 44.8 Å². The molecule has 0 heterocycles. The molecule has 1 amide bonds. The number of rotatable bonds is 3. The lowest BCUT2D eigenvalue weighted by Crippen LogP contribution is -2.35. The smallest absolute Gasteiger partial charge is 0.248 e. The van der Waals surface area contributed by atoms with Crippen LogP contribution in [-0.2, 0) is 14.3 Å². The van der Waals surface area contributed by atoms with Crippen LogP contribution in [0.15, 0.2) is 0 Å². The lowest BCUT2D eigenvalue weighted by molar-refractivity contribution is -0.137. The van der Waals surface area contributed by atoms with Gasteiger partial charge >= 0.3 is 0 Å². The lowest BCUT2D eigenvalue weighted by atomic mass is 9.96. The molecule has 1 aliphatic carbocycles. The fourth-order valence-corrected chi connectivity index (χ4v) is 1.60. The van der Waals surface area contributed by atoms with Crippen molar-refractivity contribution in [1.29, 1.82) is 0 Å². The SMILES string of the molecule is CNC(=O)C(C)OC1CCC(=O)CC1. The van der Waals surface area contributed by atoms with Crippen molar-refractivity contribution in [3.63, 3.8) is 0 Å². The zero-order valence-corrected chi connectivity index (χ0v) is 8.71. The third kappa shape index (κ3) is 3.10. The molecule has 0 aromatic heterocycles. The first-order chi connectivity index (χ1) is 6.63. The van der Waals surface area contributed by atoms with E-state index in [1.54, 1.807) is 14.0 Å². The molecule has 0 aromatic carbocycles. The van der Waals surface area contributed by atoms with Gasteiger partial charge in [0.15, 0.2) is 0 Å². The maximum absolute atomic E-state index is 11.1. The average Bonchev–Trinajstić information content (AvgIpc) is 2.20. The fourth-order valence-electron chi connectivity index (χ4n) is 1.60. The minimum Gasteiger partial charge on any atom is -0.365 e. The van der Waals surface area contributed by atoms with Crippen molar-refractivity contribution in [3.05, 3.63) is 0 Å². The zero-order valence-electron chi connectivity index (χ0n) is 8.71. The summed E-state index contributed by atoms with van der Waals surface area (Å²) in [4.78, 5) is 22.1. The van der Waals surface area contributed by atoms with Crippen molar-refractivity contribution >= 4 is 11.7 Å². The number of carbonyl (C=O) groups is 2. The van der Waals surface area contributed by atoms with E-state index >= 15 is 0 Å². The van der Waals surface area contributed by atoms with Gasteiger partial charge in [-0.1, -0.05) is 0 Å². The van der Waals surface area contributed by atoms with Crippen LogP contribution in [0.5, 0.6) is 0 Å². The van der Waals surface area contributed by atoms with E-state index in [0.29, 0.717) is 18.6 Å². The summed E-state index contributed by atoms with van der Waals surface area (Å²) in [5, 5.41) is 2.53. The molecule has 1 rings (SSSR count). The van der Waals surface area contributed by atoms with Gasteiger partial charge in [0.1, 0.15) is 11.9 Å². The Hall–Kier alpha value is -0.900. The Morgan fingerprint density at radius 1 is 1.50 bits per heavy atom. The summed E-state index contributed by atoms with van der Waals surface area (Å²) in [7, 11) is 1.59. The number of hydrogen-bond donors (Lipinski definition) is 1. The van der Waals surface area contributed by atoms with Gasteiger partial charge in [-0.3, -0.25) is 9.59 Å². The molecule has 4 heteroatoms. The van der Waals surface area contributed by atoms with Crippen molar-refractivity contribution in [1.82, 2.24) is 5.32 Å². The summed E-state index contributed by atoms with van der Waals surface area (Å²) in [6.07, 6.45) is 2.33. The largest absolute Gasteiger partial charge is 0.365 e. The first kappa shape index (κ1) is 11.2. The van der Waals surface area contributed by atoms with Crippen LogP contribution in [-0.4, -0.2) is 30.9 Å². The van der Waals surface area contributed by atoms with E-state index < -0.39 is 6.10 Å². The second kappa shape index (κ2) is 5.10. The van der Waals surface area contributed by atoms with Crippen LogP contribution < -0.4 is 5.32 Å². The van der Waals surface area contributed by atoms with Gasteiger partial charge in [0.2, 0.25) is 5.91 Å². The standard InChI is InChI=1S/C10H17NO3/c1-7(10(13)11-2)14-9-5-3-8(12)4-6-9/h7,9H,3-6H2,1-2H3,(H,11,13). The number of ketones is 1. The minimum absolute atomic E-state index is 0.0694. The fraction of sp³-hybridized carbons (Fsp3) is 0.800. The van der Waals surface area contributed by atoms with Crippen LogP contribution >= 0.6 is 0 Å². The molecule has 1 unspecified atom stereocenters. The summed E-state index contributed by atoms with van der Waals surface area (Å²) in [6, 6.07) is 0. The molecule has 1 fully saturated rings. The van der Waals surface area contributed by atoms with E-state index in [0.717, 1.165) is 12.8 Å². The van der Waals surface area contributed by atoms with E-state index in [-0.39, 0.29) is 12.0 Å². The Morgan fingerprint density at radius 3 is 2.57 bits per heavy atom. The summed E-state index contributed by atoms with van der Waals surface area (Å²) < 4.78 is 5.53. The van der Waals surface area contributed by atoms with Gasteiger partial charge in [-0.05, 0) is 19.8 Å². The number of ether oxygens (including phenoxy) is 1. The van der Waals surface area contributed by atoms with Gasteiger partial charge in [-0.15, -0.1) is 0 Å². The molecule has 1 N–H and O–H groups in total. The summed E-state index contributed by atoms with van der Waals surface area (Å²) in [5.74, 6) is 0.194. The molecule has 0 spiro atoms. The zero-order chi connectivity index (χ0) is 10.6. The van der Waals surface area contributed by atoms with Crippen molar-refractivity contribution in [2.24, 2.45) is 0 Å². The third-order valence-corrected chi connectivity index (χ3v) is 2.50. The molecular weight excluding hydrogens is 182 g/mol. The van der Waals surface area contributed by atoms with Gasteiger partial charge in [0.25, 0.3) is 0 Å². The van der Waals surface area contributed by atoms with Crippen molar-refractivity contribution in [3.8, 4) is 0 Å². The van der Waals surface area contributed by atoms with E-state index in [9.17, 15) is 9.59 Å². The quantitative estimate of drug-likeness (QED) is 0.726. The Morgan fingerprint density at radius 2 is 2.07 bits per heavy atom. The van der Waals surface area contributed by atoms with Gasteiger partial charge in [0.05, 0.1) is 6.10 Å². The van der Waals surface area contributed by atoms with E-state index in [4.69, 9.17) is 4.74 Å². The van der Waals surface area contributed by atoms with Crippen LogP contribution in [0.25, 0.3) is 0 Å². The molecule has 1 aliphatic rings. The van der Waals surface area contributed by atoms with Gasteiger partial charge in [0, 0.05) is 19.9 Å². The Labute approximate surface area is 84.0 Å². The third-order valence-electron chi connectivity index (χ3n) is 2.50. The lowest BCUT2D eigenvalue weighted by Gasteiger charge is -2.24. The number of amides is 1. The molecule has 0 aliphatic heterocycles. The van der Waals surface area contributed by atoms with Gasteiger partial charge < -0.3 is 10.1 Å². The molecule has 4 nitrogen and oxygen atoms in total. The second-order valence-corrected chi connectivity index (χ2v) is 3.63. The minimum atomic E-state index is -0.418. The number of nitrogens with one attached hydrogen (secondary N) is 1. The Kier molecular flexibility index (Phi) is 4.07. The van der Waals surface area contributed by atoms with Gasteiger partial charge in [-0.2, -0.15) is 0 Å². The Bertz CT molecular complexity index is 217. The topological polar surface area (TPSA) is 55.4 Å². The van der Waals surface area contributed by atoms with Gasteiger partial charge in [-0.25, -0.2) is 0 Å². The summed E-state index contributed by atoms with van der Waals surface area (Å²) >= 11 is 0. The second-order valence-electron chi connectivity index (χ2n) is 3.63. The molecular formula is C10H17NO3. The molecule has 1 saturated carbocycles. The first-order valence-electron chi connectivity index (χ1n) is 5.02. The van der Waals surface area contributed by atoms with Crippen LogP contribution in [0.4, 0.5) is 0 Å². The monoisotopic (exact) mass is 199 g/mol. The van der Waals surface area contributed by atoms with Crippen LogP contribution in [0.1, 0.15) is 32.6 Å². The normalized spacial score (nSPS) is 20.6. The van der Waals surface area contributed by atoms with Crippen molar-refractivity contribution < 1.29 is 14.3 Å². The molecule has 0 saturated heterocycles. The van der Waals surface area contributed by atoms with E-state index in [1.165, 1.54) is 0 Å². The Balaban J connectivity index is 2.30. The highest BCUT2D eigenvalue weighted by molar-refractivity contribution is 5.80. The molecule has 0 radical (unpaired) electrons. The predicted octanol–water partition coefficient (Wildman–Crippen LogP) is 0.649. The number of hydrogen-bond acceptors (Lipinski definition) is 3. The number of Topliss-reactive ketones (excluding diaryl/α,β-unsaturated/α-hetero) is 1. The summed E-state index contributed by atoms with van der Waals surface area (Å²) in [5.41, 5.74) is 0. The van der Waals surface area contributed by atoms with E-state index in [1.807, 2.05) is 0 Å². The number of likely N-dealkylation sites (N-methyl/N-ethyl adjacent to an activating group) is 1. The number of carbonyl (C=O) groups excluding carboxylic acids is 2. The first-order valence-corrected chi connectivity index (χ1v) is 5.02. The molecule has 14 heavy (non-hydrogen) atoms. The van der Waals surface area contributed by atoms with E-state index in [2.05, 4.69) is 5.32 Å². The molecule has 1 atom stereocenters. The molecule has 80 valence electrons. The molecule has 0 bridgehead atoms. The summed E-state index contributed by atoms with van der Waals surface area (Å²) in [6.45, 7) is 1.73. The van der Waals surface area contributed by atoms with Crippen LogP contribution in [0.2, 0.25) is 0 Å². The maximum Gasteiger partial charge on any atom is 0.248 e. The van der Waals surface area contributed by atoms with Crippen LogP contribution in [0.3, 0.4) is 0 Å². The maximum atomic E-state index is 11.1. The highest BCUT2D eigenvalue weighted by Gasteiger charge is 2.23. The highest BCUT2D eigenvalue weighted by Crippen LogP contribution is 2.19. The van der Waals surface area contributed by atoms with Crippen LogP contribution in [0, 0.1) is 0 Å². The highest BCUT2D eigenvalue weighted by atomic mass is 16.5. The molecule has 0 aromatic rings. The average molecular weight is 199 g/mol. The van der Waals surface area contributed by atoms with Crippen molar-refractivity contribution in [2.75, 3.05) is 7.05 Å². The predicted molar refractivity (Wildman–Crippen MR) is 51.9 cm³/mol.